The average molecular weight is 1250 g/mol. The summed E-state index contributed by atoms with van der Waals surface area (Å²) < 4.78 is 351. The van der Waals surface area contributed by atoms with Crippen LogP contribution in [0.15, 0.2) is 194 Å². The van der Waals surface area contributed by atoms with Crippen LogP contribution in [0.5, 0.6) is 0 Å². The quantitative estimate of drug-likeness (QED) is 0.0335. The summed E-state index contributed by atoms with van der Waals surface area (Å²) in [5.41, 5.74) is -36.8. The zero-order valence-electron chi connectivity index (χ0n) is 45.5. The molecule has 0 saturated heterocycles. The number of hydrogen-bond donors (Lipinski definition) is 0. The monoisotopic (exact) mass is 1250 g/mol. The number of allylic oxidation sites excluding steroid dienone is 2. The van der Waals surface area contributed by atoms with Gasteiger partial charge in [0.25, 0.3) is 0 Å². The first-order valence-corrected chi connectivity index (χ1v) is 29.9. The van der Waals surface area contributed by atoms with Crippen molar-refractivity contribution in [1.82, 2.24) is 0 Å². The predicted molar refractivity (Wildman–Crippen MR) is 289 cm³/mol. The van der Waals surface area contributed by atoms with Crippen LogP contribution < -0.4 is 0 Å². The molecule has 88 heavy (non-hydrogen) atoms. The number of benzene rings is 9. The van der Waals surface area contributed by atoms with Gasteiger partial charge in [-0.25, -0.2) is 83.4 Å². The Labute approximate surface area is 490 Å². The molecule has 452 valence electrons. The Morgan fingerprint density at radius 3 is 0.773 bits per heavy atom. The lowest BCUT2D eigenvalue weighted by Crippen LogP contribution is -2.73. The van der Waals surface area contributed by atoms with Crippen molar-refractivity contribution in [1.29, 1.82) is 0 Å². The van der Waals surface area contributed by atoms with E-state index in [1.165, 1.54) is 109 Å². The van der Waals surface area contributed by atoms with Crippen molar-refractivity contribution in [2.45, 2.75) is 53.0 Å². The van der Waals surface area contributed by atoms with E-state index in [2.05, 4.69) is 0 Å². The fraction of sp³-hybridized carbons (Fsp3) is 0.138. The molecular weight excluding hydrogens is 1210 g/mol. The van der Waals surface area contributed by atoms with Gasteiger partial charge in [-0.05, 0) is 33.4 Å². The van der Waals surface area contributed by atoms with Gasteiger partial charge in [-0.3, -0.25) is 0 Å². The van der Waals surface area contributed by atoms with Crippen LogP contribution in [-0.4, -0.2) is 15.2 Å². The molecule has 1 aliphatic carbocycles. The maximum absolute atomic E-state index is 22.3. The highest BCUT2D eigenvalue weighted by Crippen LogP contribution is 2.75. The van der Waals surface area contributed by atoms with Crippen molar-refractivity contribution < 1.29 is 92.7 Å². The first-order chi connectivity index (χ1) is 41.7. The summed E-state index contributed by atoms with van der Waals surface area (Å²) in [6, 6.07) is 36.9. The second-order valence-corrected chi connectivity index (χ2v) is 26.9. The normalized spacial score (nSPS) is 19.1. The van der Waals surface area contributed by atoms with Crippen molar-refractivity contribution >= 4 is 15.2 Å². The van der Waals surface area contributed by atoms with E-state index in [0.29, 0.717) is 19.6 Å². The molecule has 0 radical (unpaired) electrons. The molecule has 0 fully saturated rings. The van der Waals surface area contributed by atoms with E-state index in [1.54, 1.807) is 0 Å². The second-order valence-electron chi connectivity index (χ2n) is 21.6. The summed E-state index contributed by atoms with van der Waals surface area (Å²) in [6.45, 7) is 1.86. The van der Waals surface area contributed by atoms with Gasteiger partial charge in [-0.15, -0.1) is 0 Å². The number of rotatable bonds is 15. The number of halogens is 19. The largest absolute Gasteiger partial charge is 0.481 e. The van der Waals surface area contributed by atoms with Gasteiger partial charge in [0, 0.05) is 11.1 Å². The number of alkyl halides is 2. The van der Waals surface area contributed by atoms with E-state index in [9.17, 15) is 0 Å². The van der Waals surface area contributed by atoms with Crippen molar-refractivity contribution in [3.63, 3.8) is 0 Å². The maximum atomic E-state index is 22.3. The molecule has 1 aliphatic rings. The highest BCUT2D eigenvalue weighted by atomic mass is 28.3. The molecule has 0 saturated carbocycles. The summed E-state index contributed by atoms with van der Waals surface area (Å²) in [5, 5.41) is -6.29. The van der Waals surface area contributed by atoms with E-state index in [-0.39, 0.29) is 0 Å². The Hall–Kier alpha value is -8.41. The van der Waals surface area contributed by atoms with Crippen LogP contribution >= 0.6 is 0 Å². The Morgan fingerprint density at radius 1 is 0.318 bits per heavy atom. The first-order valence-electron chi connectivity index (χ1n) is 26.3. The van der Waals surface area contributed by atoms with Gasteiger partial charge in [-0.1, -0.05) is 202 Å². The summed E-state index contributed by atoms with van der Waals surface area (Å²) >= 11 is 0. The molecule has 0 heterocycles. The molecule has 0 amide bonds. The predicted octanol–water partition coefficient (Wildman–Crippen LogP) is 18.7. The lowest BCUT2D eigenvalue weighted by atomic mass is 9.38. The van der Waals surface area contributed by atoms with Crippen LogP contribution in [-0.2, 0) is 37.2 Å². The van der Waals surface area contributed by atoms with Gasteiger partial charge in [0.1, 0.15) is 28.2 Å². The average Bonchev–Trinajstić information content (AvgIpc) is 0.660. The zero-order valence-corrected chi connectivity index (χ0v) is 46.5. The molecule has 10 rings (SSSR count). The van der Waals surface area contributed by atoms with Crippen LogP contribution in [0.2, 0.25) is 25.2 Å². The van der Waals surface area contributed by atoms with E-state index in [0.717, 1.165) is 72.8 Å². The molecule has 4 atom stereocenters. The van der Waals surface area contributed by atoms with Gasteiger partial charge < -0.3 is 9.31 Å². The molecule has 23 heteroatoms. The van der Waals surface area contributed by atoms with Gasteiger partial charge >= 0.3 is 7.12 Å². The zero-order chi connectivity index (χ0) is 63.8. The van der Waals surface area contributed by atoms with Gasteiger partial charge in [0.2, 0.25) is 17.5 Å². The van der Waals surface area contributed by atoms with Gasteiger partial charge in [-0.2, -0.15) is 0 Å². The van der Waals surface area contributed by atoms with Crippen LogP contribution in [0, 0.1) is 87.3 Å². The minimum absolute atomic E-state index is 0.397. The molecule has 9 aromatic carbocycles. The third-order valence-corrected chi connectivity index (χ3v) is 18.2. The first kappa shape index (κ1) is 62.6. The van der Waals surface area contributed by atoms with Crippen molar-refractivity contribution in [3.8, 4) is 0 Å². The van der Waals surface area contributed by atoms with Crippen LogP contribution in [0.4, 0.5) is 83.4 Å². The second kappa shape index (κ2) is 22.9. The van der Waals surface area contributed by atoms with Crippen LogP contribution in [0.25, 0.3) is 0 Å². The summed E-state index contributed by atoms with van der Waals surface area (Å²) in [5.74, 6) is -59.4. The lowest BCUT2D eigenvalue weighted by molar-refractivity contribution is -0.123. The standard InChI is InChI=1S/C65H40BF19O2Si/c1-88(2,3)60-58(82)59(83)63(40-43(67)49(73)55(79)50(74)44(40)68,65(85,42-47(71)53(77)57(81)54(78)48(42)72)64(60,84)41-45(69)51(75)56(80)52(76)46(41)70)66(86-61(34-22-10-4-11-23-34,35-24-12-5-13-25-35)36-26-14-6-15-27-36)87-62(37-28-16-7-17-29-37,38-30-18-8-19-31-38)39-32-20-9-21-33-39/h4-33,60H,1-3H3. The van der Waals surface area contributed by atoms with Crippen molar-refractivity contribution in [2.24, 2.45) is 0 Å². The molecule has 9 aromatic rings. The molecule has 0 bridgehead atoms. The van der Waals surface area contributed by atoms with E-state index in [4.69, 9.17) is 9.31 Å². The molecule has 0 N–H and O–H groups in total. The minimum atomic E-state index is -6.98. The molecule has 2 nitrogen and oxygen atoms in total. The summed E-state index contributed by atoms with van der Waals surface area (Å²) in [4.78, 5) is 0. The van der Waals surface area contributed by atoms with Gasteiger partial charge in [0.15, 0.2) is 81.1 Å². The van der Waals surface area contributed by atoms with E-state index >= 15 is 83.4 Å². The highest BCUT2D eigenvalue weighted by Gasteiger charge is 2.86. The Morgan fingerprint density at radius 2 is 0.534 bits per heavy atom. The minimum Gasteiger partial charge on any atom is -0.392 e. The molecule has 4 unspecified atom stereocenters. The topological polar surface area (TPSA) is 18.5 Å². The lowest BCUT2D eigenvalue weighted by Gasteiger charge is -2.60. The SMILES string of the molecule is C[Si](C)(C)C1C(F)=C(F)C(B(OC(c2ccccc2)(c2ccccc2)c2ccccc2)OC(c2ccccc2)(c2ccccc2)c2ccccc2)(c2c(F)c(F)c(F)c(F)c2F)C(F)(c2c(F)c(F)c(F)c(F)c2F)C1(F)c1c(F)c(F)c(F)c(F)c1F. The third kappa shape index (κ3) is 8.94. The van der Waals surface area contributed by atoms with Crippen LogP contribution in [0.1, 0.15) is 50.1 Å². The maximum Gasteiger partial charge on any atom is 0.481 e. The Balaban J connectivity index is 1.63. The molecule has 0 aliphatic heterocycles. The third-order valence-electron chi connectivity index (χ3n) is 15.9. The summed E-state index contributed by atoms with van der Waals surface area (Å²) in [7, 11) is -9.66. The fourth-order valence-electron chi connectivity index (χ4n) is 12.2. The fourth-order valence-corrected chi connectivity index (χ4v) is 14.6. The number of hydrogen-bond acceptors (Lipinski definition) is 2. The molecule has 0 aromatic heterocycles. The van der Waals surface area contributed by atoms with Crippen LogP contribution in [0.3, 0.4) is 0 Å². The summed E-state index contributed by atoms with van der Waals surface area (Å²) in [6.07, 6.45) is 0. The highest BCUT2D eigenvalue weighted by molar-refractivity contribution is 6.78. The molecular formula is C65H40BF19O2Si. The van der Waals surface area contributed by atoms with Gasteiger partial charge in [0.05, 0.1) is 19.2 Å². The van der Waals surface area contributed by atoms with Crippen molar-refractivity contribution in [2.75, 3.05) is 0 Å². The Bertz CT molecular complexity index is 3760. The Kier molecular flexibility index (Phi) is 16.3. The smallest absolute Gasteiger partial charge is 0.392 e. The van der Waals surface area contributed by atoms with E-state index < -0.39 is 198 Å². The molecule has 0 spiro atoms. The van der Waals surface area contributed by atoms with E-state index in [1.807, 2.05) is 0 Å². The van der Waals surface area contributed by atoms with Crippen molar-refractivity contribution in [3.05, 3.63) is 331 Å².